The molecule has 2 aromatic rings. The monoisotopic (exact) mass is 288 g/mol. The number of hydrogen-bond donors (Lipinski definition) is 4. The van der Waals surface area contributed by atoms with Gasteiger partial charge in [-0.05, 0) is 19.1 Å². The first-order valence-electron chi connectivity index (χ1n) is 5.94. The molecule has 0 aliphatic heterocycles. The van der Waals surface area contributed by atoms with Crippen molar-refractivity contribution in [3.63, 3.8) is 0 Å². The molecule has 2 rings (SSSR count). The van der Waals surface area contributed by atoms with Gasteiger partial charge in [-0.2, -0.15) is 5.10 Å². The molecule has 0 aliphatic rings. The fourth-order valence-electron chi connectivity index (χ4n) is 1.65. The van der Waals surface area contributed by atoms with Crippen LogP contribution in [0.15, 0.2) is 45.0 Å². The third-order valence-corrected chi connectivity index (χ3v) is 2.65. The van der Waals surface area contributed by atoms with Crippen LogP contribution in [0.4, 0.5) is 0 Å². The van der Waals surface area contributed by atoms with Crippen LogP contribution in [0.1, 0.15) is 22.8 Å². The minimum Gasteiger partial charge on any atom is -0.494 e. The number of amides is 1. The first-order valence-corrected chi connectivity index (χ1v) is 5.94. The molecule has 0 aliphatic carbocycles. The molecule has 1 heterocycles. The zero-order valence-electron chi connectivity index (χ0n) is 11.0. The summed E-state index contributed by atoms with van der Waals surface area (Å²) in [6.07, 6.45) is 0. The maximum Gasteiger partial charge on any atom is 0.328 e. The van der Waals surface area contributed by atoms with Gasteiger partial charge in [0, 0.05) is 5.56 Å². The van der Waals surface area contributed by atoms with Gasteiger partial charge in [-0.3, -0.25) is 19.6 Å². The van der Waals surface area contributed by atoms with Gasteiger partial charge < -0.3 is 5.11 Å². The molecule has 8 nitrogen and oxygen atoms in total. The van der Waals surface area contributed by atoms with Gasteiger partial charge >= 0.3 is 5.69 Å². The Kier molecular flexibility index (Phi) is 3.98. The molecule has 0 saturated carbocycles. The van der Waals surface area contributed by atoms with Crippen molar-refractivity contribution in [1.82, 2.24) is 15.4 Å². The Hall–Kier alpha value is -3.16. The van der Waals surface area contributed by atoms with Crippen LogP contribution in [0.25, 0.3) is 0 Å². The second-order valence-electron chi connectivity index (χ2n) is 4.14. The lowest BCUT2D eigenvalue weighted by Crippen LogP contribution is -2.28. The molecule has 0 bridgehead atoms. The molecule has 1 amide bonds. The molecule has 0 fully saturated rings. The molecule has 21 heavy (non-hydrogen) atoms. The fourth-order valence-corrected chi connectivity index (χ4v) is 1.65. The average molecular weight is 288 g/mol. The van der Waals surface area contributed by atoms with Gasteiger partial charge in [-0.1, -0.05) is 18.2 Å². The molecule has 0 saturated heterocycles. The van der Waals surface area contributed by atoms with Crippen LogP contribution in [0.3, 0.4) is 0 Å². The Morgan fingerprint density at radius 3 is 2.48 bits per heavy atom. The summed E-state index contributed by atoms with van der Waals surface area (Å²) < 4.78 is 0. The van der Waals surface area contributed by atoms with Crippen LogP contribution in [0, 0.1) is 0 Å². The Morgan fingerprint density at radius 1 is 1.19 bits per heavy atom. The molecular formula is C13H12N4O4. The summed E-state index contributed by atoms with van der Waals surface area (Å²) in [6.45, 7) is 1.41. The number of hydrazone groups is 1. The second kappa shape index (κ2) is 5.87. The second-order valence-corrected chi connectivity index (χ2v) is 4.14. The summed E-state index contributed by atoms with van der Waals surface area (Å²) in [5.41, 5.74) is 0.856. The Labute approximate surface area is 118 Å². The van der Waals surface area contributed by atoms with Crippen LogP contribution in [-0.4, -0.2) is 26.7 Å². The quantitative estimate of drug-likeness (QED) is 0.465. The number of carbonyl (C=O) groups is 1. The van der Waals surface area contributed by atoms with E-state index in [2.05, 4.69) is 10.5 Å². The molecule has 1 aromatic carbocycles. The van der Waals surface area contributed by atoms with Crippen molar-refractivity contribution in [2.45, 2.75) is 6.92 Å². The average Bonchev–Trinajstić information content (AvgIpc) is 2.44. The van der Waals surface area contributed by atoms with E-state index in [0.717, 1.165) is 0 Å². The van der Waals surface area contributed by atoms with Gasteiger partial charge in [0.2, 0.25) is 5.88 Å². The molecule has 0 atom stereocenters. The number of nitrogens with zero attached hydrogens (tertiary/aromatic N) is 1. The molecule has 0 radical (unpaired) electrons. The summed E-state index contributed by atoms with van der Waals surface area (Å²) in [7, 11) is 0. The highest BCUT2D eigenvalue weighted by atomic mass is 16.3. The Balaban J connectivity index is 2.25. The number of benzene rings is 1. The predicted octanol–water partition coefficient (Wildman–Crippen LogP) is -0.0772. The molecule has 4 N–H and O–H groups in total. The van der Waals surface area contributed by atoms with Crippen molar-refractivity contribution in [2.75, 3.05) is 0 Å². The van der Waals surface area contributed by atoms with Crippen LogP contribution >= 0.6 is 0 Å². The number of aromatic hydroxyl groups is 1. The van der Waals surface area contributed by atoms with Crippen molar-refractivity contribution < 1.29 is 9.90 Å². The maximum atomic E-state index is 11.8. The summed E-state index contributed by atoms with van der Waals surface area (Å²) in [5.74, 6) is -1.07. The van der Waals surface area contributed by atoms with Crippen molar-refractivity contribution in [3.05, 3.63) is 62.3 Å². The predicted molar refractivity (Wildman–Crippen MR) is 75.5 cm³/mol. The van der Waals surface area contributed by atoms with Gasteiger partial charge in [-0.25, -0.2) is 10.2 Å². The minimum atomic E-state index is -0.831. The molecule has 0 unspecified atom stereocenters. The molecule has 108 valence electrons. The number of carbonyl (C=O) groups excluding carboxylic acids is 1. The van der Waals surface area contributed by atoms with E-state index in [1.54, 1.807) is 30.3 Å². The van der Waals surface area contributed by atoms with Crippen molar-refractivity contribution in [2.24, 2.45) is 5.10 Å². The smallest absolute Gasteiger partial charge is 0.328 e. The molecule has 8 heteroatoms. The van der Waals surface area contributed by atoms with Gasteiger partial charge in [0.15, 0.2) is 0 Å². The highest BCUT2D eigenvalue weighted by Crippen LogP contribution is 2.06. The first-order chi connectivity index (χ1) is 9.99. The van der Waals surface area contributed by atoms with Crippen LogP contribution in [-0.2, 0) is 0 Å². The van der Waals surface area contributed by atoms with Gasteiger partial charge in [0.05, 0.1) is 5.71 Å². The van der Waals surface area contributed by atoms with Gasteiger partial charge in [0.25, 0.3) is 11.5 Å². The topological polar surface area (TPSA) is 127 Å². The number of aromatic amines is 2. The van der Waals surface area contributed by atoms with Crippen LogP contribution in [0.2, 0.25) is 0 Å². The van der Waals surface area contributed by atoms with Crippen molar-refractivity contribution in [1.29, 1.82) is 0 Å². The lowest BCUT2D eigenvalue weighted by atomic mass is 10.2. The SMILES string of the molecule is C/C(=N\NC(=O)c1ccccc1)c1c(O)[nH]c(=O)[nH]c1=O. The normalized spacial score (nSPS) is 11.2. The van der Waals surface area contributed by atoms with Crippen LogP contribution in [0.5, 0.6) is 5.88 Å². The summed E-state index contributed by atoms with van der Waals surface area (Å²) in [6, 6.07) is 8.37. The summed E-state index contributed by atoms with van der Waals surface area (Å²) >= 11 is 0. The summed E-state index contributed by atoms with van der Waals surface area (Å²) in [5, 5.41) is 13.3. The largest absolute Gasteiger partial charge is 0.494 e. The van der Waals surface area contributed by atoms with E-state index in [4.69, 9.17) is 0 Å². The van der Waals surface area contributed by atoms with Gasteiger partial charge in [-0.15, -0.1) is 0 Å². The highest BCUT2D eigenvalue weighted by molar-refractivity contribution is 6.01. The van der Waals surface area contributed by atoms with Gasteiger partial charge in [0.1, 0.15) is 5.56 Å². The Morgan fingerprint density at radius 2 is 1.86 bits per heavy atom. The molecule has 0 spiro atoms. The number of hydrogen-bond acceptors (Lipinski definition) is 5. The number of H-pyrrole nitrogens is 2. The molecule has 1 aromatic heterocycles. The Bertz CT molecular complexity index is 805. The van der Waals surface area contributed by atoms with E-state index in [9.17, 15) is 19.5 Å². The third kappa shape index (κ3) is 3.24. The number of nitrogens with one attached hydrogen (secondary N) is 3. The first kappa shape index (κ1) is 14.3. The minimum absolute atomic E-state index is 0.0503. The fraction of sp³-hybridized carbons (Fsp3) is 0.0769. The third-order valence-electron chi connectivity index (χ3n) is 2.65. The van der Waals surface area contributed by atoms with E-state index in [1.807, 2.05) is 9.97 Å². The van der Waals surface area contributed by atoms with E-state index < -0.39 is 23.0 Å². The zero-order chi connectivity index (χ0) is 15.4. The van der Waals surface area contributed by atoms with Crippen molar-refractivity contribution >= 4 is 11.6 Å². The zero-order valence-corrected chi connectivity index (χ0v) is 11.0. The summed E-state index contributed by atoms with van der Waals surface area (Å²) in [4.78, 5) is 38.3. The molecular weight excluding hydrogens is 276 g/mol. The van der Waals surface area contributed by atoms with E-state index in [0.29, 0.717) is 5.56 Å². The highest BCUT2D eigenvalue weighted by Gasteiger charge is 2.12. The number of aromatic nitrogens is 2. The van der Waals surface area contributed by atoms with Crippen LogP contribution < -0.4 is 16.7 Å². The standard InChI is InChI=1S/C13H12N4O4/c1-7(9-11(19)14-13(21)15-12(9)20)16-17-10(18)8-5-3-2-4-6-8/h2-6H,1H3,(H,17,18)(H3,14,15,19,20,21)/b16-7+. The lowest BCUT2D eigenvalue weighted by molar-refractivity contribution is 0.0955. The maximum absolute atomic E-state index is 11.8. The number of rotatable bonds is 3. The lowest BCUT2D eigenvalue weighted by Gasteiger charge is -2.03. The van der Waals surface area contributed by atoms with E-state index >= 15 is 0 Å². The van der Waals surface area contributed by atoms with E-state index in [1.165, 1.54) is 6.92 Å². The van der Waals surface area contributed by atoms with E-state index in [-0.39, 0.29) is 11.3 Å². The van der Waals surface area contributed by atoms with Crippen molar-refractivity contribution in [3.8, 4) is 5.88 Å².